The van der Waals surface area contributed by atoms with E-state index in [1.807, 2.05) is 11.8 Å². The molecule has 2 amide bonds. The van der Waals surface area contributed by atoms with E-state index < -0.39 is 5.91 Å². The van der Waals surface area contributed by atoms with Crippen molar-refractivity contribution >= 4 is 28.5 Å². The number of aryl methyl sites for hydroxylation is 1. The van der Waals surface area contributed by atoms with Gasteiger partial charge >= 0.3 is 0 Å². The monoisotopic (exact) mass is 451 g/mol. The third-order valence-corrected chi connectivity index (χ3v) is 8.01. The van der Waals surface area contributed by atoms with Gasteiger partial charge in [-0.3, -0.25) is 24.0 Å². The van der Waals surface area contributed by atoms with Crippen molar-refractivity contribution in [3.63, 3.8) is 0 Å². The highest BCUT2D eigenvalue weighted by molar-refractivity contribution is 6.04. The number of nitrogens with two attached hydrogens (primary N) is 1. The number of rotatable bonds is 7. The molecule has 2 N–H and O–H groups in total. The lowest BCUT2D eigenvalue weighted by atomic mass is 9.77. The van der Waals surface area contributed by atoms with Gasteiger partial charge in [-0.1, -0.05) is 32.6 Å². The van der Waals surface area contributed by atoms with E-state index in [0.717, 1.165) is 37.3 Å². The van der Waals surface area contributed by atoms with Crippen molar-refractivity contribution < 1.29 is 14.4 Å². The number of hydrogen-bond acceptors (Lipinski definition) is 5. The van der Waals surface area contributed by atoms with E-state index in [9.17, 15) is 14.4 Å². The summed E-state index contributed by atoms with van der Waals surface area (Å²) in [5.41, 5.74) is 7.01. The Hall–Kier alpha value is -2.77. The van der Waals surface area contributed by atoms with Gasteiger partial charge < -0.3 is 10.6 Å². The number of carbonyl (C=O) groups is 3. The summed E-state index contributed by atoms with van der Waals surface area (Å²) in [6.07, 6.45) is 9.89. The van der Waals surface area contributed by atoms with Gasteiger partial charge in [-0.2, -0.15) is 5.10 Å². The Morgan fingerprint density at radius 2 is 1.94 bits per heavy atom. The summed E-state index contributed by atoms with van der Waals surface area (Å²) in [7, 11) is 0. The van der Waals surface area contributed by atoms with E-state index in [0.29, 0.717) is 29.2 Å². The van der Waals surface area contributed by atoms with Crippen LogP contribution in [0.25, 0.3) is 10.9 Å². The SMILES string of the molecule is CC[C@H]1CCC[C@@H](CC(=O)[C@@H]2C[C@H]3C[C@H]3N2C(=O)Cn2nc(C(N)=O)c3cc(C)ncc32)C1. The van der Waals surface area contributed by atoms with Crippen LogP contribution in [0.2, 0.25) is 0 Å². The molecule has 1 saturated heterocycles. The van der Waals surface area contributed by atoms with Crippen LogP contribution < -0.4 is 5.73 Å². The Bertz CT molecular complexity index is 1110. The molecule has 2 aliphatic carbocycles. The summed E-state index contributed by atoms with van der Waals surface area (Å²) in [5.74, 6) is 1.10. The molecule has 0 bridgehead atoms. The molecule has 2 saturated carbocycles. The minimum atomic E-state index is -0.633. The van der Waals surface area contributed by atoms with Crippen molar-refractivity contribution in [2.45, 2.75) is 83.8 Å². The van der Waals surface area contributed by atoms with E-state index in [2.05, 4.69) is 17.0 Å². The molecule has 3 aliphatic rings. The van der Waals surface area contributed by atoms with Crippen LogP contribution in [0.1, 0.15) is 74.5 Å². The normalized spacial score (nSPS) is 28.7. The molecule has 0 radical (unpaired) electrons. The molecule has 0 unspecified atom stereocenters. The van der Waals surface area contributed by atoms with Gasteiger partial charge in [-0.05, 0) is 50.0 Å². The highest BCUT2D eigenvalue weighted by atomic mass is 16.2. The Kier molecular flexibility index (Phi) is 5.70. The van der Waals surface area contributed by atoms with E-state index in [-0.39, 0.29) is 36.0 Å². The number of primary amides is 1. The summed E-state index contributed by atoms with van der Waals surface area (Å²) < 4.78 is 1.51. The Morgan fingerprint density at radius 1 is 1.15 bits per heavy atom. The average Bonchev–Trinajstić information content (AvgIpc) is 3.30. The minimum absolute atomic E-state index is 0.0249. The summed E-state index contributed by atoms with van der Waals surface area (Å²) in [4.78, 5) is 44.7. The number of ketones is 1. The maximum atomic E-state index is 13.4. The Morgan fingerprint density at radius 3 is 2.70 bits per heavy atom. The molecule has 5 rings (SSSR count). The van der Waals surface area contributed by atoms with Crippen LogP contribution in [0.3, 0.4) is 0 Å². The van der Waals surface area contributed by atoms with Gasteiger partial charge in [0.05, 0.1) is 17.8 Å². The smallest absolute Gasteiger partial charge is 0.269 e. The molecular formula is C25H33N5O3. The second-order valence-electron chi connectivity index (χ2n) is 10.3. The third kappa shape index (κ3) is 4.15. The van der Waals surface area contributed by atoms with Crippen LogP contribution in [-0.2, 0) is 16.1 Å². The van der Waals surface area contributed by atoms with Gasteiger partial charge in [0.25, 0.3) is 5.91 Å². The van der Waals surface area contributed by atoms with E-state index in [1.54, 1.807) is 12.3 Å². The van der Waals surface area contributed by atoms with E-state index in [1.165, 1.54) is 23.9 Å². The van der Waals surface area contributed by atoms with Crippen LogP contribution >= 0.6 is 0 Å². The van der Waals surface area contributed by atoms with Gasteiger partial charge in [0, 0.05) is 23.5 Å². The standard InChI is InChI=1S/C25H33N5O3/c1-3-15-5-4-6-16(8-15)9-22(31)20-11-17-10-19(17)30(20)23(32)13-29-21-12-27-14(2)7-18(21)24(28-29)25(26)33/h7,12,15-17,19-20H,3-6,8-11,13H2,1-2H3,(H2,26,33)/t15-,16+,17+,19+,20-/m0/s1. The van der Waals surface area contributed by atoms with Crippen molar-refractivity contribution in [3.05, 3.63) is 23.7 Å². The molecule has 2 aromatic rings. The number of pyridine rings is 1. The molecule has 5 atom stereocenters. The number of amides is 2. The molecule has 8 nitrogen and oxygen atoms in total. The number of likely N-dealkylation sites (tertiary alicyclic amines) is 1. The lowest BCUT2D eigenvalue weighted by Gasteiger charge is -2.31. The zero-order chi connectivity index (χ0) is 23.3. The zero-order valence-corrected chi connectivity index (χ0v) is 19.5. The van der Waals surface area contributed by atoms with Gasteiger partial charge in [-0.25, -0.2) is 0 Å². The summed E-state index contributed by atoms with van der Waals surface area (Å²) in [6, 6.07) is 1.61. The van der Waals surface area contributed by atoms with Gasteiger partial charge in [0.15, 0.2) is 11.5 Å². The summed E-state index contributed by atoms with van der Waals surface area (Å²) >= 11 is 0. The first-order chi connectivity index (χ1) is 15.9. The largest absolute Gasteiger partial charge is 0.364 e. The second-order valence-corrected chi connectivity index (χ2v) is 10.3. The first-order valence-electron chi connectivity index (χ1n) is 12.3. The van der Waals surface area contributed by atoms with Gasteiger partial charge in [0.1, 0.15) is 6.54 Å². The molecule has 3 fully saturated rings. The summed E-state index contributed by atoms with van der Waals surface area (Å²) in [6.45, 7) is 4.04. The zero-order valence-electron chi connectivity index (χ0n) is 19.5. The first-order valence-corrected chi connectivity index (χ1v) is 12.3. The highest BCUT2D eigenvalue weighted by Gasteiger charge is 2.55. The molecule has 0 spiro atoms. The van der Waals surface area contributed by atoms with Crippen molar-refractivity contribution in [2.75, 3.05) is 0 Å². The van der Waals surface area contributed by atoms with Crippen LogP contribution in [0.5, 0.6) is 0 Å². The van der Waals surface area contributed by atoms with Crippen LogP contribution in [-0.4, -0.2) is 49.3 Å². The predicted octanol–water partition coefficient (Wildman–Crippen LogP) is 3.00. The van der Waals surface area contributed by atoms with E-state index in [4.69, 9.17) is 5.73 Å². The topological polar surface area (TPSA) is 111 Å². The van der Waals surface area contributed by atoms with Crippen molar-refractivity contribution in [1.29, 1.82) is 0 Å². The van der Waals surface area contributed by atoms with Crippen LogP contribution in [0, 0.1) is 24.7 Å². The van der Waals surface area contributed by atoms with Crippen molar-refractivity contribution in [2.24, 2.45) is 23.5 Å². The van der Waals surface area contributed by atoms with Crippen LogP contribution in [0.15, 0.2) is 12.3 Å². The number of hydrogen-bond donors (Lipinski definition) is 1. The van der Waals surface area contributed by atoms with Gasteiger partial charge in [0.2, 0.25) is 5.91 Å². The highest BCUT2D eigenvalue weighted by Crippen LogP contribution is 2.49. The number of nitrogens with zero attached hydrogens (tertiary/aromatic N) is 4. The van der Waals surface area contributed by atoms with E-state index >= 15 is 0 Å². The number of fused-ring (bicyclic) bond motifs is 2. The second kappa shape index (κ2) is 8.54. The fourth-order valence-electron chi connectivity index (χ4n) is 6.17. The molecule has 3 heterocycles. The molecule has 2 aromatic heterocycles. The number of piperidine rings is 1. The minimum Gasteiger partial charge on any atom is -0.364 e. The lowest BCUT2D eigenvalue weighted by molar-refractivity contribution is -0.140. The van der Waals surface area contributed by atoms with Crippen molar-refractivity contribution in [1.82, 2.24) is 19.7 Å². The van der Waals surface area contributed by atoms with Crippen molar-refractivity contribution in [3.8, 4) is 0 Å². The molecule has 33 heavy (non-hydrogen) atoms. The average molecular weight is 452 g/mol. The number of carbonyl (C=O) groups excluding carboxylic acids is 3. The molecule has 0 aromatic carbocycles. The quantitative estimate of drug-likeness (QED) is 0.696. The van der Waals surface area contributed by atoms with Crippen LogP contribution in [0.4, 0.5) is 0 Å². The molecule has 8 heteroatoms. The third-order valence-electron chi connectivity index (χ3n) is 8.01. The molecule has 1 aliphatic heterocycles. The Labute approximate surface area is 193 Å². The maximum Gasteiger partial charge on any atom is 0.269 e. The maximum absolute atomic E-state index is 13.4. The number of aromatic nitrogens is 3. The lowest BCUT2D eigenvalue weighted by Crippen LogP contribution is -2.45. The number of Topliss-reactive ketones (excluding diaryl/α,β-unsaturated/α-hetero) is 1. The summed E-state index contributed by atoms with van der Waals surface area (Å²) in [5, 5.41) is 4.93. The Balaban J connectivity index is 1.33. The first kappa shape index (κ1) is 22.0. The predicted molar refractivity (Wildman–Crippen MR) is 123 cm³/mol. The molecule has 176 valence electrons. The fourth-order valence-corrected chi connectivity index (χ4v) is 6.17. The fraction of sp³-hybridized carbons (Fsp3) is 0.640. The van der Waals surface area contributed by atoms with Gasteiger partial charge in [-0.15, -0.1) is 0 Å². The molecular weight excluding hydrogens is 418 g/mol.